The van der Waals surface area contributed by atoms with E-state index < -0.39 is 9.85 Å². The summed E-state index contributed by atoms with van der Waals surface area (Å²) < 4.78 is 0. The van der Waals surface area contributed by atoms with E-state index in [4.69, 9.17) is 0 Å². The average Bonchev–Trinajstić information content (AvgIpc) is 2.41. The minimum atomic E-state index is -0.528. The molecule has 0 aliphatic rings. The van der Waals surface area contributed by atoms with Crippen molar-refractivity contribution in [3.63, 3.8) is 0 Å². The van der Waals surface area contributed by atoms with Gasteiger partial charge >= 0.3 is 5.82 Å². The molecule has 0 saturated carbocycles. The predicted molar refractivity (Wildman–Crippen MR) is 61.8 cm³/mol. The lowest BCUT2D eigenvalue weighted by Gasteiger charge is -1.86. The fourth-order valence-electron chi connectivity index (χ4n) is 0.923. The number of nitrogens with zero attached hydrogens (tertiary/aromatic N) is 4. The van der Waals surface area contributed by atoms with Crippen molar-refractivity contribution in [1.29, 1.82) is 0 Å². The van der Waals surface area contributed by atoms with Gasteiger partial charge in [-0.15, -0.1) is 0 Å². The highest BCUT2D eigenvalue weighted by Crippen LogP contribution is 2.04. The summed E-state index contributed by atoms with van der Waals surface area (Å²) in [5.74, 6) is -0.113. The summed E-state index contributed by atoms with van der Waals surface area (Å²) in [6.07, 6.45) is 4.09. The Kier molecular flexibility index (Phi) is 4.85. The molecule has 0 unspecified atom stereocenters. The van der Waals surface area contributed by atoms with Crippen LogP contribution in [-0.2, 0) is 0 Å². The van der Waals surface area contributed by atoms with Crippen molar-refractivity contribution in [3.05, 3.63) is 69.2 Å². The highest BCUT2D eigenvalue weighted by Gasteiger charge is 2.00. The highest BCUT2D eigenvalue weighted by atomic mass is 16.6. The standard InChI is InChI=1S/2C5H4N2O2/c8-7(9)5-2-1-3-6-4-5;8-7(9)5-3-1-2-4-6-5/h2*1-4H. The van der Waals surface area contributed by atoms with E-state index in [0.29, 0.717) is 0 Å². The largest absolute Gasteiger partial charge is 0.363 e. The summed E-state index contributed by atoms with van der Waals surface area (Å²) >= 11 is 0. The summed E-state index contributed by atoms with van der Waals surface area (Å²) in [7, 11) is 0. The molecule has 0 N–H and O–H groups in total. The van der Waals surface area contributed by atoms with Gasteiger partial charge in [-0.25, -0.2) is 0 Å². The van der Waals surface area contributed by atoms with Gasteiger partial charge in [0.25, 0.3) is 5.69 Å². The Morgan fingerprint density at radius 2 is 1.72 bits per heavy atom. The second-order valence-electron chi connectivity index (χ2n) is 2.91. The van der Waals surface area contributed by atoms with Gasteiger partial charge in [-0.1, -0.05) is 6.07 Å². The van der Waals surface area contributed by atoms with E-state index in [1.807, 2.05) is 0 Å². The third-order valence-corrected chi connectivity index (χ3v) is 1.69. The second kappa shape index (κ2) is 6.63. The minimum Gasteiger partial charge on any atom is -0.358 e. The highest BCUT2D eigenvalue weighted by molar-refractivity contribution is 5.23. The van der Waals surface area contributed by atoms with Gasteiger partial charge < -0.3 is 10.1 Å². The van der Waals surface area contributed by atoms with Gasteiger partial charge in [-0.3, -0.25) is 15.1 Å². The van der Waals surface area contributed by atoms with Crippen molar-refractivity contribution in [1.82, 2.24) is 9.97 Å². The molecule has 0 amide bonds. The van der Waals surface area contributed by atoms with Gasteiger partial charge in [0.05, 0.1) is 4.92 Å². The first kappa shape index (κ1) is 13.2. The van der Waals surface area contributed by atoms with Crippen molar-refractivity contribution in [2.45, 2.75) is 0 Å². The van der Waals surface area contributed by atoms with Crippen LogP contribution < -0.4 is 0 Å². The van der Waals surface area contributed by atoms with E-state index in [0.717, 1.165) is 0 Å². The minimum absolute atomic E-state index is 0.0255. The average molecular weight is 248 g/mol. The first-order chi connectivity index (χ1) is 8.61. The van der Waals surface area contributed by atoms with Crippen LogP contribution in [0, 0.1) is 20.2 Å². The number of nitro groups is 2. The summed E-state index contributed by atoms with van der Waals surface area (Å²) in [6.45, 7) is 0. The SMILES string of the molecule is O=[N+]([O-])c1ccccn1.O=[N+]([O-])c1cccnc1. The lowest BCUT2D eigenvalue weighted by atomic mass is 10.4. The molecule has 0 atom stereocenters. The molecule has 0 aliphatic carbocycles. The molecule has 0 bridgehead atoms. The molecule has 0 spiro atoms. The molecule has 0 fully saturated rings. The van der Waals surface area contributed by atoms with Crippen LogP contribution in [0.1, 0.15) is 0 Å². The van der Waals surface area contributed by atoms with Crippen LogP contribution in [0.25, 0.3) is 0 Å². The van der Waals surface area contributed by atoms with Gasteiger partial charge in [0.1, 0.15) is 12.4 Å². The molecule has 18 heavy (non-hydrogen) atoms. The van der Waals surface area contributed by atoms with Gasteiger partial charge in [0.2, 0.25) is 0 Å². The predicted octanol–water partition coefficient (Wildman–Crippen LogP) is 1.98. The van der Waals surface area contributed by atoms with Crippen LogP contribution in [0.4, 0.5) is 11.5 Å². The fourth-order valence-corrected chi connectivity index (χ4v) is 0.923. The third kappa shape index (κ3) is 4.31. The lowest BCUT2D eigenvalue weighted by Crippen LogP contribution is -1.88. The Morgan fingerprint density at radius 3 is 2.06 bits per heavy atom. The van der Waals surface area contributed by atoms with Gasteiger partial charge in [-0.2, -0.15) is 0 Å². The lowest BCUT2D eigenvalue weighted by molar-refractivity contribution is -0.389. The zero-order valence-corrected chi connectivity index (χ0v) is 9.04. The number of pyridine rings is 2. The Bertz CT molecular complexity index is 468. The van der Waals surface area contributed by atoms with Crippen LogP contribution in [0.15, 0.2) is 48.9 Å². The summed E-state index contributed by atoms with van der Waals surface area (Å²) in [4.78, 5) is 25.9. The molecule has 0 radical (unpaired) electrons. The van der Waals surface area contributed by atoms with Crippen molar-refractivity contribution in [2.75, 3.05) is 0 Å². The number of hydrogen-bond acceptors (Lipinski definition) is 6. The quantitative estimate of drug-likeness (QED) is 0.593. The van der Waals surface area contributed by atoms with Crippen molar-refractivity contribution in [2.24, 2.45) is 0 Å². The topological polar surface area (TPSA) is 112 Å². The summed E-state index contributed by atoms with van der Waals surface area (Å²) in [5, 5.41) is 19.9. The molecule has 8 heteroatoms. The van der Waals surface area contributed by atoms with Crippen LogP contribution >= 0.6 is 0 Å². The molecular weight excluding hydrogens is 240 g/mol. The molecule has 2 heterocycles. The van der Waals surface area contributed by atoms with Crippen molar-refractivity contribution in [3.8, 4) is 0 Å². The fraction of sp³-hybridized carbons (Fsp3) is 0. The molecule has 0 aromatic carbocycles. The molecule has 2 rings (SSSR count). The Balaban J connectivity index is 0.000000180. The zero-order valence-electron chi connectivity index (χ0n) is 9.04. The zero-order chi connectivity index (χ0) is 13.4. The first-order valence-corrected chi connectivity index (χ1v) is 4.71. The van der Waals surface area contributed by atoms with Crippen molar-refractivity contribution < 1.29 is 9.85 Å². The van der Waals surface area contributed by atoms with E-state index in [-0.39, 0.29) is 11.5 Å². The van der Waals surface area contributed by atoms with Crippen molar-refractivity contribution >= 4 is 11.5 Å². The van der Waals surface area contributed by atoms with Gasteiger partial charge in [0, 0.05) is 18.3 Å². The molecule has 92 valence electrons. The molecular formula is C10H8N4O4. The van der Waals surface area contributed by atoms with Gasteiger partial charge in [0.15, 0.2) is 0 Å². The molecule has 0 aliphatic heterocycles. The Hall–Kier alpha value is -2.90. The summed E-state index contributed by atoms with van der Waals surface area (Å²) in [5.41, 5.74) is 0.0255. The maximum absolute atomic E-state index is 9.97. The van der Waals surface area contributed by atoms with E-state index in [1.54, 1.807) is 12.1 Å². The van der Waals surface area contributed by atoms with Crippen LogP contribution in [0.3, 0.4) is 0 Å². The number of aromatic nitrogens is 2. The van der Waals surface area contributed by atoms with Crippen LogP contribution in [-0.4, -0.2) is 19.8 Å². The van der Waals surface area contributed by atoms with E-state index in [9.17, 15) is 20.2 Å². The first-order valence-electron chi connectivity index (χ1n) is 4.71. The molecule has 8 nitrogen and oxygen atoms in total. The van der Waals surface area contributed by atoms with Gasteiger partial charge in [-0.05, 0) is 22.0 Å². The smallest absolute Gasteiger partial charge is 0.358 e. The summed E-state index contributed by atoms with van der Waals surface area (Å²) in [6, 6.07) is 7.48. The maximum Gasteiger partial charge on any atom is 0.363 e. The third-order valence-electron chi connectivity index (χ3n) is 1.69. The maximum atomic E-state index is 9.97. The Morgan fingerprint density at radius 1 is 0.944 bits per heavy atom. The Labute approximate surface area is 101 Å². The van der Waals surface area contributed by atoms with E-state index in [2.05, 4.69) is 9.97 Å². The van der Waals surface area contributed by atoms with Crippen LogP contribution in [0.5, 0.6) is 0 Å². The van der Waals surface area contributed by atoms with E-state index in [1.165, 1.54) is 36.8 Å². The monoisotopic (exact) mass is 248 g/mol. The van der Waals surface area contributed by atoms with E-state index >= 15 is 0 Å². The second-order valence-corrected chi connectivity index (χ2v) is 2.91. The molecule has 0 saturated heterocycles. The number of rotatable bonds is 2. The van der Waals surface area contributed by atoms with Crippen LogP contribution in [0.2, 0.25) is 0 Å². The molecule has 2 aromatic rings. The number of hydrogen-bond donors (Lipinski definition) is 0. The molecule has 2 aromatic heterocycles. The normalized spacial score (nSPS) is 8.89.